The second kappa shape index (κ2) is 4.38. The number of hydrogen-bond acceptors (Lipinski definition) is 2. The van der Waals surface area contributed by atoms with E-state index in [1.54, 1.807) is 0 Å². The molecule has 0 fully saturated rings. The van der Waals surface area contributed by atoms with Crippen molar-refractivity contribution in [2.24, 2.45) is 5.41 Å². The van der Waals surface area contributed by atoms with Crippen molar-refractivity contribution in [2.45, 2.75) is 53.1 Å². The Morgan fingerprint density at radius 1 is 1.00 bits per heavy atom. The van der Waals surface area contributed by atoms with Crippen molar-refractivity contribution in [3.8, 4) is 0 Å². The van der Waals surface area contributed by atoms with Crippen LogP contribution < -0.4 is 0 Å². The summed E-state index contributed by atoms with van der Waals surface area (Å²) in [5.74, 6) is 0.647. The Labute approximate surface area is 115 Å². The molecule has 2 heteroatoms. The average molecular weight is 260 g/mol. The van der Waals surface area contributed by atoms with Crippen molar-refractivity contribution >= 4 is 11.0 Å². The van der Waals surface area contributed by atoms with Crippen LogP contribution >= 0.6 is 0 Å². The Bertz CT molecular complexity index is 579. The van der Waals surface area contributed by atoms with Gasteiger partial charge in [-0.1, -0.05) is 47.6 Å². The second-order valence-electron chi connectivity index (χ2n) is 7.42. The number of fused-ring (bicyclic) bond motifs is 1. The summed E-state index contributed by atoms with van der Waals surface area (Å²) in [6.07, 6.45) is -0.585. The third kappa shape index (κ3) is 2.84. The fourth-order valence-corrected chi connectivity index (χ4v) is 2.09. The number of rotatable bonds is 1. The minimum atomic E-state index is -0.585. The molecule has 0 radical (unpaired) electrons. The van der Waals surface area contributed by atoms with E-state index in [-0.39, 0.29) is 10.8 Å². The lowest BCUT2D eigenvalue weighted by molar-refractivity contribution is 0.0448. The maximum atomic E-state index is 10.3. The summed E-state index contributed by atoms with van der Waals surface area (Å²) in [6.45, 7) is 12.6. The highest BCUT2D eigenvalue weighted by Crippen LogP contribution is 2.36. The van der Waals surface area contributed by atoms with Gasteiger partial charge in [0, 0.05) is 5.39 Å². The average Bonchev–Trinajstić information content (AvgIpc) is 2.67. The number of hydrogen-bond donors (Lipinski definition) is 1. The molecule has 1 unspecified atom stereocenters. The fourth-order valence-electron chi connectivity index (χ4n) is 2.09. The van der Waals surface area contributed by atoms with Crippen molar-refractivity contribution in [1.29, 1.82) is 0 Å². The maximum Gasteiger partial charge on any atom is 0.134 e. The van der Waals surface area contributed by atoms with Crippen molar-refractivity contribution in [1.82, 2.24) is 0 Å². The monoisotopic (exact) mass is 260 g/mol. The van der Waals surface area contributed by atoms with Crippen LogP contribution in [0.25, 0.3) is 11.0 Å². The Balaban J connectivity index is 2.47. The van der Waals surface area contributed by atoms with Gasteiger partial charge in [0.05, 0.1) is 0 Å². The zero-order valence-electron chi connectivity index (χ0n) is 12.7. The summed E-state index contributed by atoms with van der Waals surface area (Å²) in [4.78, 5) is 0. The van der Waals surface area contributed by atoms with E-state index in [1.807, 2.05) is 32.9 Å². The molecule has 0 saturated heterocycles. The molecule has 0 amide bonds. The van der Waals surface area contributed by atoms with Gasteiger partial charge in [0.15, 0.2) is 0 Å². The molecule has 0 aliphatic rings. The van der Waals surface area contributed by atoms with Crippen molar-refractivity contribution in [2.75, 3.05) is 0 Å². The summed E-state index contributed by atoms with van der Waals surface area (Å²) >= 11 is 0. The quantitative estimate of drug-likeness (QED) is 0.798. The minimum absolute atomic E-state index is 0.119. The predicted molar refractivity (Wildman–Crippen MR) is 79.3 cm³/mol. The molecule has 1 atom stereocenters. The number of aliphatic hydroxyl groups is 1. The first kappa shape index (κ1) is 14.1. The lowest BCUT2D eigenvalue weighted by atomic mass is 9.86. The zero-order valence-corrected chi connectivity index (χ0v) is 12.7. The lowest BCUT2D eigenvalue weighted by Crippen LogP contribution is -2.16. The molecule has 19 heavy (non-hydrogen) atoms. The summed E-state index contributed by atoms with van der Waals surface area (Å²) in [7, 11) is 0. The van der Waals surface area contributed by atoms with E-state index in [1.165, 1.54) is 5.56 Å². The molecule has 0 spiro atoms. The smallest absolute Gasteiger partial charge is 0.134 e. The van der Waals surface area contributed by atoms with Gasteiger partial charge in [0.1, 0.15) is 17.4 Å². The molecule has 2 aromatic rings. The highest BCUT2D eigenvalue weighted by atomic mass is 16.4. The van der Waals surface area contributed by atoms with E-state index < -0.39 is 6.10 Å². The Morgan fingerprint density at radius 2 is 1.63 bits per heavy atom. The van der Waals surface area contributed by atoms with Gasteiger partial charge < -0.3 is 9.52 Å². The van der Waals surface area contributed by atoms with E-state index in [4.69, 9.17) is 4.42 Å². The van der Waals surface area contributed by atoms with Crippen LogP contribution in [0.1, 0.15) is 59.0 Å². The molecule has 2 nitrogen and oxygen atoms in total. The number of furan rings is 1. The molecule has 1 aromatic heterocycles. The van der Waals surface area contributed by atoms with Crippen LogP contribution in [0.3, 0.4) is 0 Å². The molecule has 2 rings (SSSR count). The van der Waals surface area contributed by atoms with Gasteiger partial charge in [-0.25, -0.2) is 0 Å². The molecule has 0 aliphatic carbocycles. The van der Waals surface area contributed by atoms with Crippen molar-refractivity contribution < 1.29 is 9.52 Å². The number of benzene rings is 1. The van der Waals surface area contributed by atoms with Gasteiger partial charge in [-0.2, -0.15) is 0 Å². The van der Waals surface area contributed by atoms with Crippen molar-refractivity contribution in [3.63, 3.8) is 0 Å². The largest absolute Gasteiger partial charge is 0.458 e. The van der Waals surface area contributed by atoms with Gasteiger partial charge in [0.2, 0.25) is 0 Å². The van der Waals surface area contributed by atoms with Gasteiger partial charge >= 0.3 is 0 Å². The minimum Gasteiger partial charge on any atom is -0.458 e. The first-order valence-electron chi connectivity index (χ1n) is 6.81. The Kier molecular flexibility index (Phi) is 3.26. The summed E-state index contributed by atoms with van der Waals surface area (Å²) < 4.78 is 5.77. The molecule has 1 heterocycles. The maximum absolute atomic E-state index is 10.3. The molecular formula is C17H24O2. The van der Waals surface area contributed by atoms with Crippen LogP contribution in [0, 0.1) is 5.41 Å². The number of aliphatic hydroxyl groups excluding tert-OH is 1. The lowest BCUT2D eigenvalue weighted by Gasteiger charge is -2.23. The van der Waals surface area contributed by atoms with Crippen LogP contribution in [-0.4, -0.2) is 5.11 Å². The molecule has 0 aliphatic heterocycles. The van der Waals surface area contributed by atoms with Gasteiger partial charge in [-0.15, -0.1) is 0 Å². The van der Waals surface area contributed by atoms with Gasteiger partial charge in [-0.05, 0) is 34.6 Å². The molecule has 104 valence electrons. The highest BCUT2D eigenvalue weighted by molar-refractivity contribution is 5.79. The third-order valence-corrected chi connectivity index (χ3v) is 3.49. The Hall–Kier alpha value is -1.28. The molecule has 1 N–H and O–H groups in total. The van der Waals surface area contributed by atoms with Crippen LogP contribution in [0.4, 0.5) is 0 Å². The molecule has 0 bridgehead atoms. The summed E-state index contributed by atoms with van der Waals surface area (Å²) in [5.41, 5.74) is 2.01. The summed E-state index contributed by atoms with van der Waals surface area (Å²) in [5, 5.41) is 11.4. The van der Waals surface area contributed by atoms with Crippen molar-refractivity contribution in [3.05, 3.63) is 35.6 Å². The molecular weight excluding hydrogens is 236 g/mol. The van der Waals surface area contributed by atoms with Gasteiger partial charge in [-0.3, -0.25) is 0 Å². The van der Waals surface area contributed by atoms with E-state index in [9.17, 15) is 5.11 Å². The molecule has 1 aromatic carbocycles. The van der Waals surface area contributed by atoms with E-state index >= 15 is 0 Å². The SMILES string of the molecule is CC(C)(C)c1ccc2oc(C(O)C(C)(C)C)cc2c1. The van der Waals surface area contributed by atoms with E-state index in [2.05, 4.69) is 32.9 Å². The summed E-state index contributed by atoms with van der Waals surface area (Å²) in [6, 6.07) is 8.20. The predicted octanol–water partition coefficient (Wildman–Crippen LogP) is 4.81. The first-order chi connectivity index (χ1) is 8.59. The topological polar surface area (TPSA) is 33.4 Å². The van der Waals surface area contributed by atoms with Crippen LogP contribution in [0.5, 0.6) is 0 Å². The second-order valence-corrected chi connectivity index (χ2v) is 7.42. The first-order valence-corrected chi connectivity index (χ1v) is 6.81. The van der Waals surface area contributed by atoms with Crippen LogP contribution in [0.15, 0.2) is 28.7 Å². The highest BCUT2D eigenvalue weighted by Gasteiger charge is 2.27. The Morgan fingerprint density at radius 3 is 2.16 bits per heavy atom. The van der Waals surface area contributed by atoms with E-state index in [0.717, 1.165) is 11.0 Å². The standard InChI is InChI=1S/C17H24O2/c1-16(2,3)12-7-8-13-11(9-12)10-14(19-13)15(18)17(4,5)6/h7-10,15,18H,1-6H3. The molecule has 0 saturated carbocycles. The van der Waals surface area contributed by atoms with Gasteiger partial charge in [0.25, 0.3) is 0 Å². The zero-order chi connectivity index (χ0) is 14.4. The normalized spacial score (nSPS) is 14.9. The van der Waals surface area contributed by atoms with Crippen LogP contribution in [-0.2, 0) is 5.41 Å². The third-order valence-electron chi connectivity index (χ3n) is 3.49. The fraction of sp³-hybridized carbons (Fsp3) is 0.529. The van der Waals surface area contributed by atoms with Crippen LogP contribution in [0.2, 0.25) is 0 Å². The van der Waals surface area contributed by atoms with E-state index in [0.29, 0.717) is 5.76 Å².